The molecule has 102 valence electrons. The summed E-state index contributed by atoms with van der Waals surface area (Å²) in [5, 5.41) is 5.15. The van der Waals surface area contributed by atoms with Crippen LogP contribution in [0.1, 0.15) is 16.3 Å². The maximum absolute atomic E-state index is 6.03. The molecule has 3 rings (SSSR count). The van der Waals surface area contributed by atoms with Gasteiger partial charge in [-0.3, -0.25) is 0 Å². The van der Waals surface area contributed by atoms with Crippen molar-refractivity contribution in [1.29, 1.82) is 0 Å². The second kappa shape index (κ2) is 5.04. The van der Waals surface area contributed by atoms with Gasteiger partial charge in [0.25, 0.3) is 0 Å². The van der Waals surface area contributed by atoms with E-state index in [0.29, 0.717) is 5.02 Å². The lowest BCUT2D eigenvalue weighted by Gasteiger charge is -2.08. The Morgan fingerprint density at radius 1 is 1.15 bits per heavy atom. The number of fused-ring (bicyclic) bond motifs is 1. The predicted octanol–water partition coefficient (Wildman–Crippen LogP) is 5.01. The van der Waals surface area contributed by atoms with Crippen LogP contribution in [0.25, 0.3) is 10.2 Å². The molecule has 2 heterocycles. The molecule has 1 N–H and O–H groups in total. The van der Waals surface area contributed by atoms with Gasteiger partial charge in [0.2, 0.25) is 0 Å². The molecule has 0 aliphatic rings. The van der Waals surface area contributed by atoms with Crippen LogP contribution in [-0.4, -0.2) is 9.97 Å². The summed E-state index contributed by atoms with van der Waals surface area (Å²) in [6.07, 6.45) is 0. The van der Waals surface area contributed by atoms with Crippen LogP contribution in [0.15, 0.2) is 24.3 Å². The fourth-order valence-corrected chi connectivity index (χ4v) is 3.41. The second-order valence-corrected chi connectivity index (χ2v) is 6.36. The van der Waals surface area contributed by atoms with Crippen molar-refractivity contribution in [3.05, 3.63) is 45.6 Å². The van der Waals surface area contributed by atoms with Crippen molar-refractivity contribution in [2.45, 2.75) is 20.8 Å². The van der Waals surface area contributed by atoms with Crippen LogP contribution < -0.4 is 5.32 Å². The Hall–Kier alpha value is -1.65. The van der Waals surface area contributed by atoms with E-state index in [1.54, 1.807) is 11.3 Å². The summed E-state index contributed by atoms with van der Waals surface area (Å²) >= 11 is 7.73. The van der Waals surface area contributed by atoms with E-state index in [4.69, 9.17) is 11.6 Å². The summed E-state index contributed by atoms with van der Waals surface area (Å²) in [4.78, 5) is 11.4. The highest BCUT2D eigenvalue weighted by Gasteiger charge is 2.13. The topological polar surface area (TPSA) is 37.8 Å². The van der Waals surface area contributed by atoms with Gasteiger partial charge in [-0.2, -0.15) is 0 Å². The van der Waals surface area contributed by atoms with Crippen molar-refractivity contribution in [3.63, 3.8) is 0 Å². The second-order valence-electron chi connectivity index (χ2n) is 4.72. The number of rotatable bonds is 2. The molecule has 1 aromatic carbocycles. The average Bonchev–Trinajstić information content (AvgIpc) is 2.64. The van der Waals surface area contributed by atoms with Gasteiger partial charge in [-0.25, -0.2) is 9.97 Å². The van der Waals surface area contributed by atoms with Gasteiger partial charge in [0.15, 0.2) is 0 Å². The van der Waals surface area contributed by atoms with Crippen molar-refractivity contribution in [2.75, 3.05) is 5.32 Å². The zero-order valence-corrected chi connectivity index (χ0v) is 13.1. The summed E-state index contributed by atoms with van der Waals surface area (Å²) in [6, 6.07) is 7.64. The number of halogens is 1. The molecule has 3 nitrogen and oxygen atoms in total. The Morgan fingerprint density at radius 2 is 1.95 bits per heavy atom. The molecule has 0 saturated carbocycles. The van der Waals surface area contributed by atoms with E-state index in [1.165, 1.54) is 10.4 Å². The first-order chi connectivity index (χ1) is 9.54. The fraction of sp³-hybridized carbons (Fsp3) is 0.200. The minimum absolute atomic E-state index is 0.704. The first-order valence-corrected chi connectivity index (χ1v) is 7.51. The van der Waals surface area contributed by atoms with Gasteiger partial charge in [0.1, 0.15) is 16.5 Å². The smallest absolute Gasteiger partial charge is 0.143 e. The molecule has 3 aromatic rings. The number of nitrogens with one attached hydrogen (secondary N) is 1. The number of benzene rings is 1. The van der Waals surface area contributed by atoms with Crippen LogP contribution in [0.4, 0.5) is 11.5 Å². The number of aromatic nitrogens is 2. The van der Waals surface area contributed by atoms with Crippen LogP contribution in [0.2, 0.25) is 5.02 Å². The highest BCUT2D eigenvalue weighted by molar-refractivity contribution is 7.18. The highest BCUT2D eigenvalue weighted by Crippen LogP contribution is 2.34. The molecule has 5 heteroatoms. The molecule has 0 bridgehead atoms. The fourth-order valence-electron chi connectivity index (χ4n) is 2.15. The lowest BCUT2D eigenvalue weighted by molar-refractivity contribution is 1.10. The maximum Gasteiger partial charge on any atom is 0.143 e. The van der Waals surface area contributed by atoms with Crippen molar-refractivity contribution in [3.8, 4) is 0 Å². The highest BCUT2D eigenvalue weighted by atomic mass is 35.5. The zero-order valence-electron chi connectivity index (χ0n) is 11.5. The molecule has 0 aliphatic carbocycles. The van der Waals surface area contributed by atoms with Crippen LogP contribution in [0.3, 0.4) is 0 Å². The molecule has 0 aliphatic heterocycles. The van der Waals surface area contributed by atoms with E-state index < -0.39 is 0 Å². The molecular weight excluding hydrogens is 290 g/mol. The molecule has 0 atom stereocenters. The van der Waals surface area contributed by atoms with Crippen LogP contribution >= 0.6 is 22.9 Å². The predicted molar refractivity (Wildman–Crippen MR) is 86.4 cm³/mol. The molecule has 0 fully saturated rings. The molecule has 0 spiro atoms. The lowest BCUT2D eigenvalue weighted by atomic mass is 10.2. The van der Waals surface area contributed by atoms with Gasteiger partial charge in [-0.05, 0) is 44.5 Å². The first kappa shape index (κ1) is 13.3. The molecular formula is C15H14ClN3S. The van der Waals surface area contributed by atoms with Crippen molar-refractivity contribution < 1.29 is 0 Å². The van der Waals surface area contributed by atoms with E-state index in [9.17, 15) is 0 Å². The van der Waals surface area contributed by atoms with E-state index in [2.05, 4.69) is 29.1 Å². The quantitative estimate of drug-likeness (QED) is 0.723. The summed E-state index contributed by atoms with van der Waals surface area (Å²) in [6.45, 7) is 6.13. The Morgan fingerprint density at radius 3 is 2.70 bits per heavy atom. The SMILES string of the molecule is Cc1nc(Nc2cccc(Cl)c2)c2c(C)c(C)sc2n1. The minimum Gasteiger partial charge on any atom is -0.340 e. The van der Waals surface area contributed by atoms with Gasteiger partial charge >= 0.3 is 0 Å². The van der Waals surface area contributed by atoms with Gasteiger partial charge in [-0.1, -0.05) is 17.7 Å². The largest absolute Gasteiger partial charge is 0.340 e. The van der Waals surface area contributed by atoms with Gasteiger partial charge < -0.3 is 5.32 Å². The number of aryl methyl sites for hydroxylation is 3. The third-order valence-corrected chi connectivity index (χ3v) is 4.56. The van der Waals surface area contributed by atoms with Crippen molar-refractivity contribution >= 4 is 44.7 Å². The molecule has 2 aromatic heterocycles. The normalized spacial score (nSPS) is 11.0. The van der Waals surface area contributed by atoms with Crippen molar-refractivity contribution in [2.24, 2.45) is 0 Å². The molecule has 0 amide bonds. The summed E-state index contributed by atoms with van der Waals surface area (Å²) in [5.74, 6) is 1.61. The van der Waals surface area contributed by atoms with Crippen LogP contribution in [0, 0.1) is 20.8 Å². The lowest BCUT2D eigenvalue weighted by Crippen LogP contribution is -1.98. The molecule has 0 unspecified atom stereocenters. The van der Waals surface area contributed by atoms with Gasteiger partial charge in [0.05, 0.1) is 5.39 Å². The van der Waals surface area contributed by atoms with Crippen LogP contribution in [0.5, 0.6) is 0 Å². The standard InChI is InChI=1S/C15H14ClN3S/c1-8-9(2)20-15-13(8)14(17-10(3)18-15)19-12-6-4-5-11(16)7-12/h4-7H,1-3H3,(H,17,18,19). The molecule has 20 heavy (non-hydrogen) atoms. The Labute approximate surface area is 126 Å². The molecule has 0 saturated heterocycles. The zero-order chi connectivity index (χ0) is 14.3. The van der Waals surface area contributed by atoms with Crippen molar-refractivity contribution in [1.82, 2.24) is 9.97 Å². The van der Waals surface area contributed by atoms with E-state index >= 15 is 0 Å². The third-order valence-electron chi connectivity index (χ3n) is 3.23. The van der Waals surface area contributed by atoms with Gasteiger partial charge in [-0.15, -0.1) is 11.3 Å². The number of thiophene rings is 1. The average molecular weight is 304 g/mol. The Bertz CT molecular complexity index is 795. The number of hydrogen-bond donors (Lipinski definition) is 1. The number of hydrogen-bond acceptors (Lipinski definition) is 4. The Kier molecular flexibility index (Phi) is 3.36. The number of anilines is 2. The van der Waals surface area contributed by atoms with E-state index in [0.717, 1.165) is 27.5 Å². The summed E-state index contributed by atoms with van der Waals surface area (Å²) in [5.41, 5.74) is 2.16. The van der Waals surface area contributed by atoms with E-state index in [-0.39, 0.29) is 0 Å². The maximum atomic E-state index is 6.03. The monoisotopic (exact) mass is 303 g/mol. The molecule has 0 radical (unpaired) electrons. The van der Waals surface area contributed by atoms with Crippen LogP contribution in [-0.2, 0) is 0 Å². The van der Waals surface area contributed by atoms with Gasteiger partial charge in [0, 0.05) is 15.6 Å². The summed E-state index contributed by atoms with van der Waals surface area (Å²) < 4.78 is 0. The summed E-state index contributed by atoms with van der Waals surface area (Å²) in [7, 11) is 0. The minimum atomic E-state index is 0.704. The number of nitrogens with zero attached hydrogens (tertiary/aromatic N) is 2. The third kappa shape index (κ3) is 2.37. The van der Waals surface area contributed by atoms with E-state index in [1.807, 2.05) is 31.2 Å². The Balaban J connectivity index is 2.15. The first-order valence-electron chi connectivity index (χ1n) is 6.31.